The van der Waals surface area contributed by atoms with E-state index >= 15 is 0 Å². The monoisotopic (exact) mass is 542 g/mol. The maximum absolute atomic E-state index is 13.1. The fraction of sp³-hybridized carbons (Fsp3) is 0.531. The van der Waals surface area contributed by atoms with Gasteiger partial charge in [-0.15, -0.1) is 0 Å². The zero-order valence-electron chi connectivity index (χ0n) is 24.5. The number of H-pyrrole nitrogens is 1. The van der Waals surface area contributed by atoms with E-state index in [0.29, 0.717) is 31.0 Å². The summed E-state index contributed by atoms with van der Waals surface area (Å²) in [6.45, 7) is 12.7. The van der Waals surface area contributed by atoms with E-state index in [1.54, 1.807) is 13.4 Å². The molecule has 6 rings (SSSR count). The van der Waals surface area contributed by atoms with E-state index in [2.05, 4.69) is 77.0 Å². The number of fused-ring (bicyclic) bond motifs is 2. The fourth-order valence-corrected chi connectivity index (χ4v) is 6.97. The molecular weight excluding hydrogens is 500 g/mol. The number of ether oxygens (including phenoxy) is 1. The van der Waals surface area contributed by atoms with Gasteiger partial charge in [0.1, 0.15) is 6.33 Å². The number of aromatic amines is 1. The molecule has 5 heterocycles. The van der Waals surface area contributed by atoms with Crippen LogP contribution in [0, 0.1) is 13.8 Å². The van der Waals surface area contributed by atoms with E-state index in [0.717, 1.165) is 56.5 Å². The van der Waals surface area contributed by atoms with Crippen LogP contribution in [-0.4, -0.2) is 81.2 Å². The van der Waals surface area contributed by atoms with Gasteiger partial charge in [-0.05, 0) is 92.3 Å². The number of benzene rings is 1. The van der Waals surface area contributed by atoms with Gasteiger partial charge in [0.25, 0.3) is 0 Å². The minimum absolute atomic E-state index is 0.268. The number of nitrogens with one attached hydrogen (secondary N) is 1. The lowest BCUT2D eigenvalue weighted by molar-refractivity contribution is -0.133. The normalized spacial score (nSPS) is 19.1. The Bertz CT molecular complexity index is 1530. The summed E-state index contributed by atoms with van der Waals surface area (Å²) in [5.41, 5.74) is 9.55. The highest BCUT2D eigenvalue weighted by molar-refractivity contribution is 5.92. The van der Waals surface area contributed by atoms with Crippen molar-refractivity contribution in [1.82, 2.24) is 29.4 Å². The first-order valence-corrected chi connectivity index (χ1v) is 14.8. The molecule has 1 aromatic carbocycles. The van der Waals surface area contributed by atoms with Gasteiger partial charge in [-0.3, -0.25) is 9.69 Å². The molecule has 0 bridgehead atoms. The molecule has 0 spiro atoms. The molecule has 1 amide bonds. The van der Waals surface area contributed by atoms with Gasteiger partial charge >= 0.3 is 0 Å². The molecule has 2 fully saturated rings. The maximum atomic E-state index is 13.1. The van der Waals surface area contributed by atoms with Crippen LogP contribution in [0.2, 0.25) is 0 Å². The van der Waals surface area contributed by atoms with Gasteiger partial charge in [-0.2, -0.15) is 5.10 Å². The number of hydrogen-bond donors (Lipinski definition) is 1. The molecule has 1 N–H and O–H groups in total. The molecular formula is C32H42N6O2. The van der Waals surface area contributed by atoms with Crippen LogP contribution in [0.25, 0.3) is 27.8 Å². The number of piperidine rings is 1. The summed E-state index contributed by atoms with van der Waals surface area (Å²) < 4.78 is 7.26. The molecule has 8 heteroatoms. The number of likely N-dealkylation sites (tertiary alicyclic amines) is 2. The third-order valence-corrected chi connectivity index (χ3v) is 9.35. The van der Waals surface area contributed by atoms with Crippen molar-refractivity contribution in [3.05, 3.63) is 53.0 Å². The second kappa shape index (κ2) is 11.0. The van der Waals surface area contributed by atoms with Crippen LogP contribution >= 0.6 is 0 Å². The molecule has 40 heavy (non-hydrogen) atoms. The van der Waals surface area contributed by atoms with E-state index in [4.69, 9.17) is 4.74 Å². The smallest absolute Gasteiger partial charge is 0.236 e. The number of amides is 1. The van der Waals surface area contributed by atoms with Crippen molar-refractivity contribution < 1.29 is 9.53 Å². The van der Waals surface area contributed by atoms with Crippen molar-refractivity contribution in [2.45, 2.75) is 71.3 Å². The third-order valence-electron chi connectivity index (χ3n) is 9.35. The summed E-state index contributed by atoms with van der Waals surface area (Å²) in [6.07, 6.45) is 8.02. The van der Waals surface area contributed by atoms with Crippen LogP contribution in [0.4, 0.5) is 0 Å². The van der Waals surface area contributed by atoms with Crippen molar-refractivity contribution >= 4 is 22.5 Å². The third kappa shape index (κ3) is 4.81. The largest absolute Gasteiger partial charge is 0.383 e. The molecule has 2 saturated heterocycles. The average molecular weight is 543 g/mol. The molecule has 212 valence electrons. The standard InChI is InChI=1S/C32H42N6O2/c1-20(2)30-26-15-24(23-10-13-36(14-11-23)29(39)17-37-12-6-7-25(37)18-40-5)8-9-28(26)35-31(30)27-16-38-32(33-19-34-38)22(4)21(27)3/h8-9,15-16,19-20,23,25,35H,6-7,10-14,17-18H2,1-5H3. The summed E-state index contributed by atoms with van der Waals surface area (Å²) >= 11 is 0. The number of aryl methyl sites for hydroxylation is 1. The topological polar surface area (TPSA) is 78.8 Å². The number of rotatable bonds is 7. The quantitative estimate of drug-likeness (QED) is 0.337. The molecule has 1 atom stereocenters. The Kier molecular flexibility index (Phi) is 7.40. The van der Waals surface area contributed by atoms with Crippen LogP contribution < -0.4 is 0 Å². The summed E-state index contributed by atoms with van der Waals surface area (Å²) in [6, 6.07) is 7.32. The van der Waals surface area contributed by atoms with Crippen LogP contribution in [0.3, 0.4) is 0 Å². The number of carbonyl (C=O) groups excluding carboxylic acids is 1. The molecule has 1 unspecified atom stereocenters. The van der Waals surface area contributed by atoms with Gasteiger partial charge in [0.2, 0.25) is 5.91 Å². The van der Waals surface area contributed by atoms with E-state index < -0.39 is 0 Å². The van der Waals surface area contributed by atoms with Gasteiger partial charge in [0, 0.05) is 48.9 Å². The Balaban J connectivity index is 1.22. The summed E-state index contributed by atoms with van der Waals surface area (Å²) in [5, 5.41) is 5.73. The number of carbonyl (C=O) groups is 1. The van der Waals surface area contributed by atoms with E-state index in [9.17, 15) is 4.79 Å². The van der Waals surface area contributed by atoms with Crippen molar-refractivity contribution in [2.24, 2.45) is 0 Å². The van der Waals surface area contributed by atoms with E-state index in [1.807, 2.05) is 4.52 Å². The van der Waals surface area contributed by atoms with Crippen LogP contribution in [0.15, 0.2) is 30.7 Å². The highest BCUT2D eigenvalue weighted by Gasteiger charge is 2.30. The molecule has 0 radical (unpaired) electrons. The minimum atomic E-state index is 0.268. The highest BCUT2D eigenvalue weighted by atomic mass is 16.5. The minimum Gasteiger partial charge on any atom is -0.383 e. The maximum Gasteiger partial charge on any atom is 0.236 e. The average Bonchev–Trinajstić information content (AvgIpc) is 3.69. The highest BCUT2D eigenvalue weighted by Crippen LogP contribution is 2.40. The first-order valence-electron chi connectivity index (χ1n) is 14.8. The van der Waals surface area contributed by atoms with Crippen molar-refractivity contribution in [3.63, 3.8) is 0 Å². The van der Waals surface area contributed by atoms with E-state index in [1.165, 1.54) is 38.9 Å². The second-order valence-electron chi connectivity index (χ2n) is 12.1. The van der Waals surface area contributed by atoms with Gasteiger partial charge < -0.3 is 14.6 Å². The summed E-state index contributed by atoms with van der Waals surface area (Å²) in [4.78, 5) is 25.7. The molecule has 8 nitrogen and oxygen atoms in total. The molecule has 2 aliphatic rings. The lowest BCUT2D eigenvalue weighted by Gasteiger charge is -2.34. The van der Waals surface area contributed by atoms with Crippen molar-refractivity contribution in [3.8, 4) is 11.3 Å². The number of aromatic nitrogens is 4. The van der Waals surface area contributed by atoms with Crippen molar-refractivity contribution in [1.29, 1.82) is 0 Å². The van der Waals surface area contributed by atoms with Gasteiger partial charge in [0.15, 0.2) is 5.65 Å². The number of nitrogens with zero attached hydrogens (tertiary/aromatic N) is 5. The molecule has 2 aliphatic heterocycles. The van der Waals surface area contributed by atoms with Crippen molar-refractivity contribution in [2.75, 3.05) is 39.9 Å². The van der Waals surface area contributed by atoms with Gasteiger partial charge in [-0.25, -0.2) is 9.50 Å². The Hall–Kier alpha value is -3.23. The van der Waals surface area contributed by atoms with E-state index in [-0.39, 0.29) is 5.91 Å². The Labute approximate surface area is 236 Å². The van der Waals surface area contributed by atoms with Crippen LogP contribution in [-0.2, 0) is 9.53 Å². The zero-order chi connectivity index (χ0) is 28.0. The zero-order valence-corrected chi connectivity index (χ0v) is 24.5. The Morgan fingerprint density at radius 3 is 2.67 bits per heavy atom. The first-order chi connectivity index (χ1) is 19.4. The summed E-state index contributed by atoms with van der Waals surface area (Å²) in [5.74, 6) is 1.09. The number of hydrogen-bond acceptors (Lipinski definition) is 5. The SMILES string of the molecule is COCC1CCCN1CC(=O)N1CCC(c2ccc3[nH]c(-c4cn5ncnc5c(C)c4C)c(C(C)C)c3c2)CC1. The lowest BCUT2D eigenvalue weighted by atomic mass is 9.87. The predicted octanol–water partition coefficient (Wildman–Crippen LogP) is 5.43. The molecule has 0 saturated carbocycles. The number of pyridine rings is 1. The van der Waals surface area contributed by atoms with Crippen LogP contribution in [0.5, 0.6) is 0 Å². The summed E-state index contributed by atoms with van der Waals surface area (Å²) in [7, 11) is 1.75. The Morgan fingerprint density at radius 1 is 1.12 bits per heavy atom. The molecule has 0 aliphatic carbocycles. The van der Waals surface area contributed by atoms with Crippen LogP contribution in [0.1, 0.15) is 73.6 Å². The molecule has 4 aromatic rings. The lowest BCUT2D eigenvalue weighted by Crippen LogP contribution is -2.45. The van der Waals surface area contributed by atoms with Gasteiger partial charge in [-0.1, -0.05) is 19.9 Å². The number of methoxy groups -OCH3 is 1. The second-order valence-corrected chi connectivity index (χ2v) is 12.1. The Morgan fingerprint density at radius 2 is 1.93 bits per heavy atom. The first kappa shape index (κ1) is 27.0. The van der Waals surface area contributed by atoms with Gasteiger partial charge in [0.05, 0.1) is 18.8 Å². The predicted molar refractivity (Wildman–Crippen MR) is 159 cm³/mol. The fourth-order valence-electron chi connectivity index (χ4n) is 6.97. The molecule has 3 aromatic heterocycles.